The summed E-state index contributed by atoms with van der Waals surface area (Å²) in [6.45, 7) is 6.31. The van der Waals surface area contributed by atoms with Crippen molar-refractivity contribution in [3.05, 3.63) is 70.0 Å². The van der Waals surface area contributed by atoms with E-state index in [0.717, 1.165) is 56.8 Å². The molecule has 0 atom stereocenters. The molecule has 2 aromatic carbocycles. The minimum atomic E-state index is -0.150. The number of fused-ring (bicyclic) bond motifs is 1. The van der Waals surface area contributed by atoms with Gasteiger partial charge in [0.2, 0.25) is 0 Å². The Labute approximate surface area is 217 Å². The van der Waals surface area contributed by atoms with Gasteiger partial charge in [-0.15, -0.1) is 0 Å². The molecule has 0 spiro atoms. The highest BCUT2D eigenvalue weighted by Crippen LogP contribution is 2.31. The lowest BCUT2D eigenvalue weighted by Crippen LogP contribution is -2.42. The summed E-state index contributed by atoms with van der Waals surface area (Å²) in [5.74, 6) is 1.18. The predicted molar refractivity (Wildman–Crippen MR) is 146 cm³/mol. The van der Waals surface area contributed by atoms with Crippen LogP contribution in [0.2, 0.25) is 0 Å². The van der Waals surface area contributed by atoms with Gasteiger partial charge in [0.25, 0.3) is 5.56 Å². The van der Waals surface area contributed by atoms with Gasteiger partial charge in [-0.3, -0.25) is 9.69 Å². The number of ether oxygens (including phenoxy) is 3. The first-order valence-electron chi connectivity index (χ1n) is 12.2. The maximum absolute atomic E-state index is 13.0. The number of rotatable bonds is 10. The van der Waals surface area contributed by atoms with Crippen LogP contribution in [0.5, 0.6) is 11.5 Å². The van der Waals surface area contributed by atoms with Crippen molar-refractivity contribution in [2.24, 2.45) is 0 Å². The highest BCUT2D eigenvalue weighted by molar-refractivity contribution is 7.80. The van der Waals surface area contributed by atoms with Crippen LogP contribution >= 0.6 is 12.2 Å². The van der Waals surface area contributed by atoms with Crippen LogP contribution in [0.3, 0.4) is 0 Å². The molecule has 36 heavy (non-hydrogen) atoms. The minimum Gasteiger partial charge on any atom is -0.493 e. The quantitative estimate of drug-likeness (QED) is 0.318. The molecule has 2 N–H and O–H groups in total. The number of H-pyrrole nitrogens is 1. The number of thiocarbonyl (C=S) groups is 1. The molecule has 1 aliphatic rings. The van der Waals surface area contributed by atoms with Gasteiger partial charge < -0.3 is 29.4 Å². The number of benzene rings is 2. The smallest absolute Gasteiger partial charge is 0.253 e. The third kappa shape index (κ3) is 6.75. The van der Waals surface area contributed by atoms with Crippen LogP contribution in [0.4, 0.5) is 0 Å². The largest absolute Gasteiger partial charge is 0.493 e. The summed E-state index contributed by atoms with van der Waals surface area (Å²) in [6, 6.07) is 15.7. The van der Waals surface area contributed by atoms with Crippen molar-refractivity contribution in [3.63, 3.8) is 0 Å². The molecule has 0 amide bonds. The maximum atomic E-state index is 13.0. The lowest BCUT2D eigenvalue weighted by molar-refractivity contribution is 0.0376. The van der Waals surface area contributed by atoms with E-state index in [0.29, 0.717) is 40.8 Å². The van der Waals surface area contributed by atoms with Crippen LogP contribution < -0.4 is 20.3 Å². The molecule has 1 aliphatic heterocycles. The van der Waals surface area contributed by atoms with Gasteiger partial charge in [-0.1, -0.05) is 30.3 Å². The number of methoxy groups -OCH3 is 2. The molecule has 2 heterocycles. The Balaban J connectivity index is 1.49. The number of hydrogen-bond donors (Lipinski definition) is 2. The average molecular weight is 511 g/mol. The van der Waals surface area contributed by atoms with Crippen molar-refractivity contribution in [1.29, 1.82) is 0 Å². The summed E-state index contributed by atoms with van der Waals surface area (Å²) in [5, 5.41) is 4.90. The first kappa shape index (κ1) is 25.9. The monoisotopic (exact) mass is 510 g/mol. The summed E-state index contributed by atoms with van der Waals surface area (Å²) >= 11 is 5.79. The van der Waals surface area contributed by atoms with Crippen LogP contribution in [0.25, 0.3) is 10.9 Å². The van der Waals surface area contributed by atoms with Crippen LogP contribution in [0.15, 0.2) is 53.3 Å². The van der Waals surface area contributed by atoms with Gasteiger partial charge in [-0.05, 0) is 42.9 Å². The lowest BCUT2D eigenvalue weighted by Gasteiger charge is -2.28. The first-order valence-corrected chi connectivity index (χ1v) is 12.6. The number of aromatic amines is 1. The molecule has 0 unspecified atom stereocenters. The average Bonchev–Trinajstić information content (AvgIpc) is 2.91. The van der Waals surface area contributed by atoms with Gasteiger partial charge in [0.1, 0.15) is 0 Å². The summed E-state index contributed by atoms with van der Waals surface area (Å²) in [6.07, 6.45) is 0.984. The molecule has 0 aliphatic carbocycles. The Hall–Kier alpha value is -3.14. The summed E-state index contributed by atoms with van der Waals surface area (Å²) in [7, 11) is 3.17. The van der Waals surface area contributed by atoms with Crippen LogP contribution in [0, 0.1) is 0 Å². The molecule has 0 bridgehead atoms. The van der Waals surface area contributed by atoms with E-state index in [1.807, 2.05) is 35.2 Å². The number of pyridine rings is 1. The van der Waals surface area contributed by atoms with Crippen molar-refractivity contribution in [2.45, 2.75) is 19.5 Å². The normalized spacial score (nSPS) is 13.9. The fourth-order valence-electron chi connectivity index (χ4n) is 4.34. The molecule has 0 radical (unpaired) electrons. The van der Waals surface area contributed by atoms with Crippen LogP contribution in [0.1, 0.15) is 17.5 Å². The standard InChI is InChI=1S/C27H34N4O4S/c1-33-24-16-21-15-22(26(32)29-23(21)17-25(24)34-2)19-31(18-20-7-4-3-5-8-20)27(36)28-9-6-10-30-11-13-35-14-12-30/h3-5,7-8,15-17H,6,9-14,18-19H2,1-2H3,(H,28,36)(H,29,32). The summed E-state index contributed by atoms with van der Waals surface area (Å²) in [5.41, 5.74) is 2.30. The Kier molecular flexibility index (Phi) is 9.16. The Morgan fingerprint density at radius 3 is 2.53 bits per heavy atom. The second-order valence-electron chi connectivity index (χ2n) is 8.80. The van der Waals surface area contributed by atoms with Crippen molar-refractivity contribution in [3.8, 4) is 11.5 Å². The molecular formula is C27H34N4O4S. The zero-order valence-electron chi connectivity index (χ0n) is 20.9. The van der Waals surface area contributed by atoms with Crippen molar-refractivity contribution < 1.29 is 14.2 Å². The molecule has 9 heteroatoms. The molecule has 192 valence electrons. The molecule has 0 saturated carbocycles. The van der Waals surface area contributed by atoms with E-state index < -0.39 is 0 Å². The van der Waals surface area contributed by atoms with Gasteiger partial charge >= 0.3 is 0 Å². The fraction of sp³-hybridized carbons (Fsp3) is 0.407. The second-order valence-corrected chi connectivity index (χ2v) is 9.19. The van der Waals surface area contributed by atoms with Gasteiger partial charge in [-0.2, -0.15) is 0 Å². The lowest BCUT2D eigenvalue weighted by atomic mass is 10.1. The second kappa shape index (κ2) is 12.7. The van der Waals surface area contributed by atoms with Gasteiger partial charge in [0.05, 0.1) is 39.5 Å². The van der Waals surface area contributed by atoms with E-state index in [1.165, 1.54) is 0 Å². The Bertz CT molecular complexity index is 1210. The van der Waals surface area contributed by atoms with Crippen molar-refractivity contribution in [2.75, 3.05) is 53.6 Å². The molecule has 8 nitrogen and oxygen atoms in total. The molecule has 1 aromatic heterocycles. The topological polar surface area (TPSA) is 79.1 Å². The third-order valence-corrected chi connectivity index (χ3v) is 6.72. The zero-order valence-corrected chi connectivity index (χ0v) is 21.7. The SMILES string of the molecule is COc1cc2cc(CN(Cc3ccccc3)C(=S)NCCCN3CCOCC3)c(=O)[nH]c2cc1OC. The minimum absolute atomic E-state index is 0.150. The molecule has 1 fully saturated rings. The van der Waals surface area contributed by atoms with E-state index in [1.54, 1.807) is 20.3 Å². The number of morpholine rings is 1. The molecular weight excluding hydrogens is 476 g/mol. The zero-order chi connectivity index (χ0) is 25.3. The Morgan fingerprint density at radius 1 is 1.08 bits per heavy atom. The number of aromatic nitrogens is 1. The van der Waals surface area contributed by atoms with Crippen LogP contribution in [-0.2, 0) is 17.8 Å². The van der Waals surface area contributed by atoms with E-state index in [-0.39, 0.29) is 5.56 Å². The van der Waals surface area contributed by atoms with Crippen molar-refractivity contribution >= 4 is 28.2 Å². The fourth-order valence-corrected chi connectivity index (χ4v) is 4.57. The Morgan fingerprint density at radius 2 is 1.81 bits per heavy atom. The summed E-state index contributed by atoms with van der Waals surface area (Å²) < 4.78 is 16.2. The molecule has 4 rings (SSSR count). The first-order chi connectivity index (χ1) is 17.6. The number of hydrogen-bond acceptors (Lipinski definition) is 6. The highest BCUT2D eigenvalue weighted by atomic mass is 32.1. The van der Waals surface area contributed by atoms with E-state index >= 15 is 0 Å². The van der Waals surface area contributed by atoms with Gasteiger partial charge in [-0.25, -0.2) is 0 Å². The highest BCUT2D eigenvalue weighted by Gasteiger charge is 2.16. The third-order valence-electron chi connectivity index (χ3n) is 6.32. The van der Waals surface area contributed by atoms with Gasteiger partial charge in [0, 0.05) is 43.2 Å². The molecule has 1 saturated heterocycles. The van der Waals surface area contributed by atoms with E-state index in [9.17, 15) is 4.79 Å². The van der Waals surface area contributed by atoms with E-state index in [4.69, 9.17) is 26.4 Å². The molecule has 3 aromatic rings. The predicted octanol–water partition coefficient (Wildman–Crippen LogP) is 3.14. The van der Waals surface area contributed by atoms with Crippen molar-refractivity contribution in [1.82, 2.24) is 20.1 Å². The maximum Gasteiger partial charge on any atom is 0.253 e. The van der Waals surface area contributed by atoms with Gasteiger partial charge in [0.15, 0.2) is 16.6 Å². The summed E-state index contributed by atoms with van der Waals surface area (Å²) in [4.78, 5) is 20.4. The van der Waals surface area contributed by atoms with Crippen LogP contribution in [-0.4, -0.2) is 73.5 Å². The number of nitrogens with zero attached hydrogens (tertiary/aromatic N) is 2. The number of nitrogens with one attached hydrogen (secondary N) is 2. The van der Waals surface area contributed by atoms with E-state index in [2.05, 4.69) is 27.3 Å².